The number of nitrogens with zero attached hydrogens (tertiary/aromatic N) is 3. The average Bonchev–Trinajstić information content (AvgIpc) is 2.67. The predicted molar refractivity (Wildman–Crippen MR) is 100 cm³/mol. The first-order valence-corrected chi connectivity index (χ1v) is 8.46. The lowest BCUT2D eigenvalue weighted by Gasteiger charge is -2.35. The van der Waals surface area contributed by atoms with E-state index in [2.05, 4.69) is 4.98 Å². The molecule has 0 saturated carbocycles. The Labute approximate surface area is 160 Å². The van der Waals surface area contributed by atoms with Crippen LogP contribution >= 0.6 is 0 Å². The van der Waals surface area contributed by atoms with E-state index in [1.807, 2.05) is 5.32 Å². The zero-order valence-electron chi connectivity index (χ0n) is 14.9. The van der Waals surface area contributed by atoms with Crippen LogP contribution in [0.5, 0.6) is 0 Å². The van der Waals surface area contributed by atoms with Gasteiger partial charge in [-0.3, -0.25) is 20.5 Å². The number of halogens is 1. The van der Waals surface area contributed by atoms with Crippen molar-refractivity contribution in [3.8, 4) is 0 Å². The number of anilines is 2. The number of pyridine rings is 1. The third kappa shape index (κ3) is 4.34. The SMILES string of the molecule is N=C(N)NC(=O)OCc1cccc(N2CCN(c3ccncc3)C(=O)C2)c1F. The van der Waals surface area contributed by atoms with Gasteiger partial charge in [0.1, 0.15) is 6.61 Å². The van der Waals surface area contributed by atoms with E-state index in [4.69, 9.17) is 15.9 Å². The van der Waals surface area contributed by atoms with Gasteiger partial charge in [0.2, 0.25) is 5.91 Å². The smallest absolute Gasteiger partial charge is 0.414 e. The van der Waals surface area contributed by atoms with Gasteiger partial charge < -0.3 is 20.3 Å². The molecular weight excluding hydrogens is 367 g/mol. The molecule has 9 nitrogen and oxygen atoms in total. The number of carbonyl (C=O) groups is 2. The molecule has 2 heterocycles. The molecule has 0 spiro atoms. The minimum absolute atomic E-state index is 0.0222. The van der Waals surface area contributed by atoms with Crippen LogP contribution in [-0.2, 0) is 16.1 Å². The molecule has 146 valence electrons. The molecule has 1 saturated heterocycles. The summed E-state index contributed by atoms with van der Waals surface area (Å²) in [6, 6.07) is 8.18. The summed E-state index contributed by atoms with van der Waals surface area (Å²) in [5, 5.41) is 8.91. The maximum absolute atomic E-state index is 14.9. The van der Waals surface area contributed by atoms with E-state index in [-0.39, 0.29) is 30.3 Å². The number of nitrogens with two attached hydrogens (primary N) is 1. The third-order valence-electron chi connectivity index (χ3n) is 4.19. The van der Waals surface area contributed by atoms with Crippen molar-refractivity contribution in [3.05, 3.63) is 54.1 Å². The van der Waals surface area contributed by atoms with Crippen molar-refractivity contribution < 1.29 is 18.7 Å². The zero-order chi connectivity index (χ0) is 20.1. The van der Waals surface area contributed by atoms with Crippen LogP contribution in [-0.4, -0.2) is 42.6 Å². The van der Waals surface area contributed by atoms with Gasteiger partial charge in [-0.15, -0.1) is 0 Å². The van der Waals surface area contributed by atoms with Crippen LogP contribution in [0.25, 0.3) is 0 Å². The van der Waals surface area contributed by atoms with Crippen molar-refractivity contribution >= 4 is 29.3 Å². The van der Waals surface area contributed by atoms with Crippen LogP contribution in [0.15, 0.2) is 42.7 Å². The van der Waals surface area contributed by atoms with Gasteiger partial charge in [-0.25, -0.2) is 9.18 Å². The predicted octanol–water partition coefficient (Wildman–Crippen LogP) is 1.19. The van der Waals surface area contributed by atoms with Crippen molar-refractivity contribution in [2.75, 3.05) is 29.4 Å². The molecule has 0 aliphatic carbocycles. The van der Waals surface area contributed by atoms with Crippen molar-refractivity contribution in [1.82, 2.24) is 10.3 Å². The van der Waals surface area contributed by atoms with Crippen LogP contribution in [0, 0.1) is 11.2 Å². The van der Waals surface area contributed by atoms with Crippen LogP contribution in [0.4, 0.5) is 20.6 Å². The second kappa shape index (κ2) is 8.33. The molecule has 3 rings (SSSR count). The Hall–Kier alpha value is -3.69. The molecule has 10 heteroatoms. The fraction of sp³-hybridized carbons (Fsp3) is 0.222. The minimum Gasteiger partial charge on any atom is -0.444 e. The van der Waals surface area contributed by atoms with Gasteiger partial charge in [0, 0.05) is 36.7 Å². The molecule has 0 radical (unpaired) electrons. The van der Waals surface area contributed by atoms with E-state index >= 15 is 0 Å². The summed E-state index contributed by atoms with van der Waals surface area (Å²) in [5.74, 6) is -1.28. The number of ether oxygens (including phenoxy) is 1. The highest BCUT2D eigenvalue weighted by atomic mass is 19.1. The number of nitrogens with one attached hydrogen (secondary N) is 2. The number of amides is 2. The Kier molecular flexibility index (Phi) is 5.68. The van der Waals surface area contributed by atoms with Gasteiger partial charge in [0.25, 0.3) is 0 Å². The lowest BCUT2D eigenvalue weighted by molar-refractivity contribution is -0.117. The van der Waals surface area contributed by atoms with E-state index in [0.717, 1.165) is 5.69 Å². The molecule has 1 aliphatic rings. The Bertz CT molecular complexity index is 892. The Morgan fingerprint density at radius 2 is 2.04 bits per heavy atom. The number of piperazine rings is 1. The third-order valence-corrected chi connectivity index (χ3v) is 4.19. The molecule has 0 unspecified atom stereocenters. The van der Waals surface area contributed by atoms with Crippen LogP contribution < -0.4 is 20.9 Å². The molecule has 0 bridgehead atoms. The van der Waals surface area contributed by atoms with Gasteiger partial charge in [0.15, 0.2) is 11.8 Å². The lowest BCUT2D eigenvalue weighted by atomic mass is 10.1. The number of benzene rings is 1. The molecule has 0 atom stereocenters. The molecule has 2 amide bonds. The van der Waals surface area contributed by atoms with E-state index in [1.165, 1.54) is 6.07 Å². The van der Waals surface area contributed by atoms with Crippen LogP contribution in [0.2, 0.25) is 0 Å². The zero-order valence-corrected chi connectivity index (χ0v) is 14.9. The summed E-state index contributed by atoms with van der Waals surface area (Å²) in [6.07, 6.45) is 2.28. The summed E-state index contributed by atoms with van der Waals surface area (Å²) in [4.78, 5) is 31.1. The van der Waals surface area contributed by atoms with E-state index in [0.29, 0.717) is 13.1 Å². The molecule has 28 heavy (non-hydrogen) atoms. The first-order valence-electron chi connectivity index (χ1n) is 8.46. The highest BCUT2D eigenvalue weighted by molar-refractivity contribution is 5.97. The Morgan fingerprint density at radius 1 is 1.29 bits per heavy atom. The average molecular weight is 386 g/mol. The number of rotatable bonds is 4. The Balaban J connectivity index is 1.68. The number of guanidine groups is 1. The summed E-state index contributed by atoms with van der Waals surface area (Å²) < 4.78 is 19.7. The first kappa shape index (κ1) is 19.1. The number of carbonyl (C=O) groups excluding carboxylic acids is 2. The fourth-order valence-corrected chi connectivity index (χ4v) is 2.89. The molecule has 2 aromatic rings. The number of aromatic nitrogens is 1. The molecular formula is C18H19FN6O3. The van der Waals surface area contributed by atoms with E-state index in [9.17, 15) is 14.0 Å². The first-order chi connectivity index (χ1) is 13.5. The molecule has 4 N–H and O–H groups in total. The van der Waals surface area contributed by atoms with Gasteiger partial charge in [-0.1, -0.05) is 12.1 Å². The van der Waals surface area contributed by atoms with E-state index < -0.39 is 17.9 Å². The van der Waals surface area contributed by atoms with Crippen LogP contribution in [0.1, 0.15) is 5.56 Å². The van der Waals surface area contributed by atoms with Crippen molar-refractivity contribution in [3.63, 3.8) is 0 Å². The van der Waals surface area contributed by atoms with Crippen LogP contribution in [0.3, 0.4) is 0 Å². The number of alkyl carbamates (subject to hydrolysis) is 1. The van der Waals surface area contributed by atoms with Gasteiger partial charge in [-0.05, 0) is 18.2 Å². The second-order valence-corrected chi connectivity index (χ2v) is 6.04. The Morgan fingerprint density at radius 3 is 2.71 bits per heavy atom. The maximum atomic E-state index is 14.9. The summed E-state index contributed by atoms with van der Waals surface area (Å²) in [5.41, 5.74) is 6.19. The highest BCUT2D eigenvalue weighted by Crippen LogP contribution is 2.26. The molecule has 1 aromatic heterocycles. The van der Waals surface area contributed by atoms with Crippen molar-refractivity contribution in [2.45, 2.75) is 6.61 Å². The quantitative estimate of drug-likeness (QED) is 0.536. The lowest BCUT2D eigenvalue weighted by Crippen LogP contribution is -2.51. The molecule has 1 fully saturated rings. The largest absolute Gasteiger partial charge is 0.444 e. The standard InChI is InChI=1S/C18H19FN6O3/c19-16-12(11-28-18(27)23-17(20)21)2-1-3-14(16)24-8-9-25(15(26)10-24)13-4-6-22-7-5-13/h1-7H,8-11H2,(H4,20,21,23,27). The second-order valence-electron chi connectivity index (χ2n) is 6.04. The minimum atomic E-state index is -0.946. The fourth-order valence-electron chi connectivity index (χ4n) is 2.89. The maximum Gasteiger partial charge on any atom is 0.414 e. The molecule has 1 aliphatic heterocycles. The van der Waals surface area contributed by atoms with Gasteiger partial charge >= 0.3 is 6.09 Å². The topological polar surface area (TPSA) is 125 Å². The monoisotopic (exact) mass is 386 g/mol. The molecule has 1 aromatic carbocycles. The van der Waals surface area contributed by atoms with E-state index in [1.54, 1.807) is 46.5 Å². The number of hydrogen-bond acceptors (Lipinski definition) is 6. The summed E-state index contributed by atoms with van der Waals surface area (Å²) in [6.45, 7) is 0.544. The summed E-state index contributed by atoms with van der Waals surface area (Å²) >= 11 is 0. The van der Waals surface area contributed by atoms with Gasteiger partial charge in [-0.2, -0.15) is 0 Å². The number of hydrogen-bond donors (Lipinski definition) is 3. The normalized spacial score (nSPS) is 14.0. The van der Waals surface area contributed by atoms with Crippen molar-refractivity contribution in [1.29, 1.82) is 5.41 Å². The van der Waals surface area contributed by atoms with Crippen molar-refractivity contribution in [2.24, 2.45) is 5.73 Å². The highest BCUT2D eigenvalue weighted by Gasteiger charge is 2.27. The van der Waals surface area contributed by atoms with Gasteiger partial charge in [0.05, 0.1) is 12.2 Å². The summed E-state index contributed by atoms with van der Waals surface area (Å²) in [7, 11) is 0.